The Balaban J connectivity index is 1.41. The van der Waals surface area contributed by atoms with E-state index in [0.717, 1.165) is 21.3 Å². The van der Waals surface area contributed by atoms with E-state index in [-0.39, 0.29) is 5.75 Å². The van der Waals surface area contributed by atoms with Crippen LogP contribution in [0.4, 0.5) is 0 Å². The Morgan fingerprint density at radius 3 is 2.62 bits per heavy atom. The predicted octanol–water partition coefficient (Wildman–Crippen LogP) is 5.86. The van der Waals surface area contributed by atoms with E-state index in [2.05, 4.69) is 35.1 Å². The van der Waals surface area contributed by atoms with Crippen LogP contribution in [0, 0.1) is 10.8 Å². The summed E-state index contributed by atoms with van der Waals surface area (Å²) in [7, 11) is 0. The predicted molar refractivity (Wildman–Crippen MR) is 116 cm³/mol. The Morgan fingerprint density at radius 2 is 1.93 bits per heavy atom. The number of hydrogen-bond donors (Lipinski definition) is 1. The number of aromatic nitrogens is 4. The van der Waals surface area contributed by atoms with Crippen molar-refractivity contribution in [2.45, 2.75) is 52.4 Å². The van der Waals surface area contributed by atoms with Crippen LogP contribution in [-0.2, 0) is 0 Å². The van der Waals surface area contributed by atoms with Crippen molar-refractivity contribution >= 4 is 17.4 Å². The minimum Gasteiger partial charge on any atom is -0.507 e. The molecule has 2 heterocycles. The molecular weight excluding hydrogens is 380 g/mol. The minimum absolute atomic E-state index is 0.207. The maximum Gasteiger partial charge on any atom is 0.151 e. The lowest BCUT2D eigenvalue weighted by Gasteiger charge is -2.50. The van der Waals surface area contributed by atoms with Crippen LogP contribution in [-0.4, -0.2) is 24.9 Å². The molecule has 2 aromatic heterocycles. The molecule has 1 N–H and O–H groups in total. The van der Waals surface area contributed by atoms with Gasteiger partial charge >= 0.3 is 0 Å². The highest BCUT2D eigenvalue weighted by molar-refractivity contribution is 7.15. The second-order valence-electron chi connectivity index (χ2n) is 9.42. The van der Waals surface area contributed by atoms with Crippen LogP contribution < -0.4 is 0 Å². The van der Waals surface area contributed by atoms with E-state index in [9.17, 15) is 5.11 Å². The van der Waals surface area contributed by atoms with Gasteiger partial charge in [0, 0.05) is 18.5 Å². The third-order valence-electron chi connectivity index (χ3n) is 6.50. The lowest BCUT2D eigenvalue weighted by atomic mass is 9.55. The van der Waals surface area contributed by atoms with E-state index in [4.69, 9.17) is 0 Å². The Kier molecular flexibility index (Phi) is 4.35. The first-order valence-corrected chi connectivity index (χ1v) is 11.1. The monoisotopic (exact) mass is 406 g/mol. The summed E-state index contributed by atoms with van der Waals surface area (Å²) in [5, 5.41) is 21.0. The first-order chi connectivity index (χ1) is 13.9. The Hall–Kier alpha value is -2.47. The zero-order valence-corrected chi connectivity index (χ0v) is 17.7. The molecular formula is C23H26N4OS. The highest BCUT2D eigenvalue weighted by Gasteiger charge is 2.44. The number of allylic oxidation sites excluding steroid dienone is 1. The van der Waals surface area contributed by atoms with Gasteiger partial charge < -0.3 is 9.67 Å². The molecule has 3 aromatic rings. The molecule has 0 unspecified atom stereocenters. The van der Waals surface area contributed by atoms with Crippen LogP contribution in [0.15, 0.2) is 42.5 Å². The molecule has 2 atom stereocenters. The van der Waals surface area contributed by atoms with Crippen molar-refractivity contribution in [3.63, 3.8) is 0 Å². The largest absolute Gasteiger partial charge is 0.507 e. The molecule has 2 fully saturated rings. The Bertz CT molecular complexity index is 1050. The Morgan fingerprint density at radius 1 is 1.14 bits per heavy atom. The fourth-order valence-corrected chi connectivity index (χ4v) is 6.43. The first kappa shape index (κ1) is 18.6. The lowest BCUT2D eigenvalue weighted by Crippen LogP contribution is -2.37. The summed E-state index contributed by atoms with van der Waals surface area (Å²) in [6.45, 7) is 4.89. The zero-order chi connectivity index (χ0) is 20.1. The van der Waals surface area contributed by atoms with E-state index >= 15 is 0 Å². The number of nitrogens with zero attached hydrogens (tertiary/aromatic N) is 4. The van der Waals surface area contributed by atoms with Crippen LogP contribution in [0.25, 0.3) is 22.3 Å². The molecule has 1 aromatic carbocycles. The molecule has 6 heteroatoms. The van der Waals surface area contributed by atoms with Crippen molar-refractivity contribution in [2.75, 3.05) is 0 Å². The van der Waals surface area contributed by atoms with Gasteiger partial charge in [-0.25, -0.2) is 4.98 Å². The number of fused-ring (bicyclic) bond motifs is 2. The molecule has 2 aliphatic rings. The summed E-state index contributed by atoms with van der Waals surface area (Å²) in [5.41, 5.74) is 3.96. The van der Waals surface area contributed by atoms with Crippen molar-refractivity contribution < 1.29 is 5.11 Å². The molecule has 2 aliphatic carbocycles. The molecule has 150 valence electrons. The fourth-order valence-electron chi connectivity index (χ4n) is 5.56. The van der Waals surface area contributed by atoms with Crippen molar-refractivity contribution in [3.05, 3.63) is 47.5 Å². The SMILES string of the molecule is C[C@]12CCC[C@](C)(CC(=Cc3nnc(-c4ccc(-n5ccnc5)cc4O)s3)C1)C2. The molecule has 2 bridgehead atoms. The summed E-state index contributed by atoms with van der Waals surface area (Å²) >= 11 is 1.55. The van der Waals surface area contributed by atoms with Crippen molar-refractivity contribution in [1.82, 2.24) is 19.7 Å². The number of hydrogen-bond acceptors (Lipinski definition) is 5. The summed E-state index contributed by atoms with van der Waals surface area (Å²) < 4.78 is 1.86. The number of rotatable bonds is 3. The molecule has 0 aliphatic heterocycles. The van der Waals surface area contributed by atoms with Crippen LogP contribution >= 0.6 is 11.3 Å². The molecule has 29 heavy (non-hydrogen) atoms. The van der Waals surface area contributed by atoms with Gasteiger partial charge in [0.15, 0.2) is 5.01 Å². The summed E-state index contributed by atoms with van der Waals surface area (Å²) in [5.74, 6) is 0.207. The number of benzene rings is 1. The van der Waals surface area contributed by atoms with Crippen LogP contribution in [0.1, 0.15) is 57.4 Å². The number of imidazole rings is 1. The van der Waals surface area contributed by atoms with E-state index in [0.29, 0.717) is 10.8 Å². The molecule has 5 nitrogen and oxygen atoms in total. The van der Waals surface area contributed by atoms with Gasteiger partial charge in [0.1, 0.15) is 10.8 Å². The minimum atomic E-state index is 0.207. The zero-order valence-electron chi connectivity index (χ0n) is 16.9. The second kappa shape index (κ2) is 6.80. The second-order valence-corrected chi connectivity index (χ2v) is 10.4. The van der Waals surface area contributed by atoms with Crippen LogP contribution in [0.2, 0.25) is 0 Å². The molecule has 5 rings (SSSR count). The highest BCUT2D eigenvalue weighted by atomic mass is 32.1. The number of phenolic OH excluding ortho intramolecular Hbond substituents is 1. The highest BCUT2D eigenvalue weighted by Crippen LogP contribution is 2.57. The van der Waals surface area contributed by atoms with Crippen molar-refractivity contribution in [2.24, 2.45) is 10.8 Å². The van der Waals surface area contributed by atoms with Gasteiger partial charge in [-0.3, -0.25) is 0 Å². The van der Waals surface area contributed by atoms with Gasteiger partial charge in [-0.1, -0.05) is 37.2 Å². The quantitative estimate of drug-likeness (QED) is 0.592. The van der Waals surface area contributed by atoms with Gasteiger partial charge in [-0.15, -0.1) is 10.2 Å². The van der Waals surface area contributed by atoms with E-state index in [1.165, 1.54) is 44.1 Å². The molecule has 0 radical (unpaired) electrons. The number of phenols is 1. The van der Waals surface area contributed by atoms with Crippen molar-refractivity contribution in [3.8, 4) is 22.0 Å². The summed E-state index contributed by atoms with van der Waals surface area (Å²) in [6.07, 6.45) is 15.2. The topological polar surface area (TPSA) is 63.8 Å². The Labute approximate surface area is 175 Å². The third kappa shape index (κ3) is 3.62. The average Bonchev–Trinajstić information content (AvgIpc) is 3.32. The standard InChI is InChI=1S/C23H26N4OS/c1-22-6-3-7-23(2,14-22)13-16(12-22)10-20-25-26-21(29-20)18-5-4-17(11-19(18)28)27-9-8-24-15-27/h4-5,8-11,15,28H,3,6-7,12-14H2,1-2H3/t22-,23+. The summed E-state index contributed by atoms with van der Waals surface area (Å²) in [6, 6.07) is 5.59. The third-order valence-corrected chi connectivity index (χ3v) is 7.41. The molecule has 0 saturated heterocycles. The molecule has 0 spiro atoms. The normalized spacial score (nSPS) is 28.0. The molecule has 2 saturated carbocycles. The van der Waals surface area contributed by atoms with E-state index in [1.807, 2.05) is 22.9 Å². The van der Waals surface area contributed by atoms with E-state index < -0.39 is 0 Å². The van der Waals surface area contributed by atoms with Gasteiger partial charge in [-0.2, -0.15) is 0 Å². The van der Waals surface area contributed by atoms with Crippen molar-refractivity contribution in [1.29, 1.82) is 0 Å². The van der Waals surface area contributed by atoms with Crippen LogP contribution in [0.3, 0.4) is 0 Å². The first-order valence-electron chi connectivity index (χ1n) is 10.3. The van der Waals surface area contributed by atoms with E-state index in [1.54, 1.807) is 29.9 Å². The van der Waals surface area contributed by atoms with Gasteiger partial charge in [-0.05, 0) is 61.1 Å². The summed E-state index contributed by atoms with van der Waals surface area (Å²) in [4.78, 5) is 4.05. The van der Waals surface area contributed by atoms with Gasteiger partial charge in [0.2, 0.25) is 0 Å². The van der Waals surface area contributed by atoms with Crippen LogP contribution in [0.5, 0.6) is 5.75 Å². The fraction of sp³-hybridized carbons (Fsp3) is 0.435. The molecule has 0 amide bonds. The van der Waals surface area contributed by atoms with Gasteiger partial charge in [0.25, 0.3) is 0 Å². The van der Waals surface area contributed by atoms with Gasteiger partial charge in [0.05, 0.1) is 17.6 Å². The number of aromatic hydroxyl groups is 1. The average molecular weight is 407 g/mol. The maximum atomic E-state index is 10.5. The smallest absolute Gasteiger partial charge is 0.151 e. The lowest BCUT2D eigenvalue weighted by molar-refractivity contribution is 0.0559. The maximum absolute atomic E-state index is 10.5.